The number of aromatic nitrogens is 2. The topological polar surface area (TPSA) is 46.9 Å². The van der Waals surface area contributed by atoms with Crippen LogP contribution in [0.1, 0.15) is 54.2 Å². The molecule has 0 saturated heterocycles. The van der Waals surface area contributed by atoms with E-state index in [0.29, 0.717) is 11.3 Å². The predicted octanol–water partition coefficient (Wildman–Crippen LogP) is 4.37. The van der Waals surface area contributed by atoms with Gasteiger partial charge >= 0.3 is 0 Å². The van der Waals surface area contributed by atoms with Gasteiger partial charge in [-0.3, -0.25) is 9.48 Å². The highest BCUT2D eigenvalue weighted by molar-refractivity contribution is 7.14. The van der Waals surface area contributed by atoms with Crippen molar-refractivity contribution in [2.75, 3.05) is 5.32 Å². The third-order valence-corrected chi connectivity index (χ3v) is 5.98. The first-order chi connectivity index (χ1) is 10.9. The fourth-order valence-corrected chi connectivity index (χ4v) is 4.27. The van der Waals surface area contributed by atoms with E-state index in [0.717, 1.165) is 30.0 Å². The van der Waals surface area contributed by atoms with Crippen molar-refractivity contribution in [3.05, 3.63) is 33.8 Å². The van der Waals surface area contributed by atoms with Gasteiger partial charge in [0, 0.05) is 17.6 Å². The lowest BCUT2D eigenvalue weighted by Gasteiger charge is -2.33. The Morgan fingerprint density at radius 3 is 2.91 bits per heavy atom. The first-order valence-electron chi connectivity index (χ1n) is 8.32. The highest BCUT2D eigenvalue weighted by atomic mass is 32.1. The molecule has 0 radical (unpaired) electrons. The van der Waals surface area contributed by atoms with Gasteiger partial charge in [0.15, 0.2) is 0 Å². The number of nitrogens with one attached hydrogen (secondary N) is 1. The molecule has 1 atom stereocenters. The minimum atomic E-state index is -0.0210. The summed E-state index contributed by atoms with van der Waals surface area (Å²) in [7, 11) is 0. The molecule has 5 heteroatoms. The molecule has 2 aromatic heterocycles. The van der Waals surface area contributed by atoms with Crippen LogP contribution >= 0.6 is 11.3 Å². The van der Waals surface area contributed by atoms with Crippen LogP contribution in [0.15, 0.2) is 18.5 Å². The fourth-order valence-electron chi connectivity index (χ4n) is 3.17. The third-order valence-electron chi connectivity index (χ3n) is 4.75. The van der Waals surface area contributed by atoms with Gasteiger partial charge < -0.3 is 5.32 Å². The van der Waals surface area contributed by atoms with E-state index in [9.17, 15) is 4.79 Å². The largest absolute Gasteiger partial charge is 0.319 e. The maximum atomic E-state index is 12.5. The summed E-state index contributed by atoms with van der Waals surface area (Å²) in [5, 5.41) is 7.14. The maximum absolute atomic E-state index is 12.5. The van der Waals surface area contributed by atoms with Gasteiger partial charge in [0.2, 0.25) is 0 Å². The zero-order chi connectivity index (χ0) is 16.6. The molecule has 1 N–H and O–H groups in total. The zero-order valence-corrected chi connectivity index (χ0v) is 15.2. The lowest BCUT2D eigenvalue weighted by molar-refractivity contribution is 0.103. The molecule has 1 aliphatic carbocycles. The average Bonchev–Trinajstić information content (AvgIpc) is 3.11. The molecule has 0 bridgehead atoms. The predicted molar refractivity (Wildman–Crippen MR) is 95.1 cm³/mol. The number of rotatable bonds is 3. The number of carbonyl (C=O) groups excluding carboxylic acids is 1. The van der Waals surface area contributed by atoms with Crippen molar-refractivity contribution < 1.29 is 4.79 Å². The van der Waals surface area contributed by atoms with Crippen molar-refractivity contribution in [2.45, 2.75) is 53.5 Å². The molecule has 23 heavy (non-hydrogen) atoms. The van der Waals surface area contributed by atoms with Gasteiger partial charge in [-0.25, -0.2) is 0 Å². The summed E-state index contributed by atoms with van der Waals surface area (Å²) >= 11 is 1.65. The van der Waals surface area contributed by atoms with E-state index in [4.69, 9.17) is 0 Å². The second kappa shape index (κ2) is 6.11. The molecule has 2 aromatic rings. The number of hydrogen-bond acceptors (Lipinski definition) is 3. The van der Waals surface area contributed by atoms with Crippen LogP contribution in [0.4, 0.5) is 5.69 Å². The van der Waals surface area contributed by atoms with Gasteiger partial charge in [0.1, 0.15) is 0 Å². The number of thiophene rings is 1. The SMILES string of the molecule is CCn1cc(NC(=O)c2cc3c(s2)CCC(C(C)(C)C)C3)cn1. The second-order valence-corrected chi connectivity index (χ2v) is 8.54. The summed E-state index contributed by atoms with van der Waals surface area (Å²) in [6.45, 7) is 9.77. The fraction of sp³-hybridized carbons (Fsp3) is 0.556. The normalized spacial score (nSPS) is 17.8. The third kappa shape index (κ3) is 3.50. The average molecular weight is 331 g/mol. The number of hydrogen-bond donors (Lipinski definition) is 1. The Balaban J connectivity index is 1.72. The van der Waals surface area contributed by atoms with Crippen LogP contribution in [0.2, 0.25) is 0 Å². The van der Waals surface area contributed by atoms with Crippen molar-refractivity contribution in [1.29, 1.82) is 0 Å². The molecule has 2 heterocycles. The molecule has 0 saturated carbocycles. The molecule has 0 spiro atoms. The van der Waals surface area contributed by atoms with Crippen LogP contribution in [0, 0.1) is 11.3 Å². The van der Waals surface area contributed by atoms with Crippen LogP contribution in [-0.4, -0.2) is 15.7 Å². The Morgan fingerprint density at radius 1 is 1.48 bits per heavy atom. The molecular weight excluding hydrogens is 306 g/mol. The van der Waals surface area contributed by atoms with Crippen molar-refractivity contribution in [1.82, 2.24) is 9.78 Å². The zero-order valence-electron chi connectivity index (χ0n) is 14.3. The molecule has 0 fully saturated rings. The van der Waals surface area contributed by atoms with E-state index >= 15 is 0 Å². The molecular formula is C18H25N3OS. The van der Waals surface area contributed by atoms with Crippen LogP contribution in [0.5, 0.6) is 0 Å². The van der Waals surface area contributed by atoms with Crippen LogP contribution in [0.3, 0.4) is 0 Å². The Morgan fingerprint density at radius 2 is 2.26 bits per heavy atom. The van der Waals surface area contributed by atoms with Gasteiger partial charge in [-0.2, -0.15) is 5.10 Å². The van der Waals surface area contributed by atoms with E-state index < -0.39 is 0 Å². The molecule has 1 unspecified atom stereocenters. The minimum absolute atomic E-state index is 0.0210. The van der Waals surface area contributed by atoms with E-state index in [1.165, 1.54) is 16.9 Å². The molecule has 4 nitrogen and oxygen atoms in total. The first kappa shape index (κ1) is 16.2. The van der Waals surface area contributed by atoms with Gasteiger partial charge in [-0.05, 0) is 49.1 Å². The van der Waals surface area contributed by atoms with Crippen molar-refractivity contribution in [3.8, 4) is 0 Å². The lowest BCUT2D eigenvalue weighted by Crippen LogP contribution is -2.26. The summed E-state index contributed by atoms with van der Waals surface area (Å²) in [5.74, 6) is 0.677. The van der Waals surface area contributed by atoms with E-state index in [1.807, 2.05) is 17.8 Å². The number of anilines is 1. The van der Waals surface area contributed by atoms with Gasteiger partial charge in [-0.1, -0.05) is 20.8 Å². The highest BCUT2D eigenvalue weighted by Gasteiger charge is 2.30. The monoisotopic (exact) mass is 331 g/mol. The van der Waals surface area contributed by atoms with E-state index in [1.54, 1.807) is 17.5 Å². The van der Waals surface area contributed by atoms with Crippen LogP contribution in [0.25, 0.3) is 0 Å². The smallest absolute Gasteiger partial charge is 0.265 e. The van der Waals surface area contributed by atoms with E-state index in [2.05, 4.69) is 37.3 Å². The Bertz CT molecular complexity index is 708. The number of aryl methyl sites for hydroxylation is 2. The summed E-state index contributed by atoms with van der Waals surface area (Å²) in [6, 6.07) is 2.09. The van der Waals surface area contributed by atoms with Crippen molar-refractivity contribution >= 4 is 22.9 Å². The lowest BCUT2D eigenvalue weighted by atomic mass is 9.72. The molecule has 0 aromatic carbocycles. The number of amides is 1. The van der Waals surface area contributed by atoms with Gasteiger partial charge in [0.25, 0.3) is 5.91 Å². The highest BCUT2D eigenvalue weighted by Crippen LogP contribution is 2.40. The molecule has 1 aliphatic rings. The Kier molecular flexibility index (Phi) is 4.32. The number of nitrogens with zero attached hydrogens (tertiary/aromatic N) is 2. The Hall–Kier alpha value is -1.62. The Labute approximate surface area is 141 Å². The van der Waals surface area contributed by atoms with Crippen molar-refractivity contribution in [3.63, 3.8) is 0 Å². The summed E-state index contributed by atoms with van der Waals surface area (Å²) in [4.78, 5) is 14.7. The second-order valence-electron chi connectivity index (χ2n) is 7.40. The molecule has 124 valence electrons. The summed E-state index contributed by atoms with van der Waals surface area (Å²) in [6.07, 6.45) is 6.98. The molecule has 1 amide bonds. The first-order valence-corrected chi connectivity index (χ1v) is 9.14. The molecule has 3 rings (SSSR count). The van der Waals surface area contributed by atoms with Crippen LogP contribution in [-0.2, 0) is 19.4 Å². The maximum Gasteiger partial charge on any atom is 0.265 e. The van der Waals surface area contributed by atoms with Crippen molar-refractivity contribution in [2.24, 2.45) is 11.3 Å². The van der Waals surface area contributed by atoms with Gasteiger partial charge in [-0.15, -0.1) is 11.3 Å². The number of fused-ring (bicyclic) bond motifs is 1. The summed E-state index contributed by atoms with van der Waals surface area (Å²) < 4.78 is 1.81. The minimum Gasteiger partial charge on any atom is -0.319 e. The quantitative estimate of drug-likeness (QED) is 0.908. The standard InChI is InChI=1S/C18H25N3OS/c1-5-21-11-14(10-19-21)20-17(22)16-9-12-8-13(18(2,3)4)6-7-15(12)23-16/h9-11,13H,5-8H2,1-4H3,(H,20,22). The van der Waals surface area contributed by atoms with E-state index in [-0.39, 0.29) is 5.91 Å². The number of carbonyl (C=O) groups is 1. The molecule has 0 aliphatic heterocycles. The van der Waals surface area contributed by atoms with Gasteiger partial charge in [0.05, 0.1) is 16.8 Å². The van der Waals surface area contributed by atoms with Crippen LogP contribution < -0.4 is 5.32 Å². The summed E-state index contributed by atoms with van der Waals surface area (Å²) in [5.41, 5.74) is 2.46.